The predicted molar refractivity (Wildman–Crippen MR) is 132 cm³/mol. The van der Waals surface area contributed by atoms with E-state index in [1.54, 1.807) is 11.3 Å². The lowest BCUT2D eigenvalue weighted by Crippen LogP contribution is -2.50. The van der Waals surface area contributed by atoms with Gasteiger partial charge in [0.15, 0.2) is 0 Å². The highest BCUT2D eigenvalue weighted by Gasteiger charge is 2.44. The number of nitrogens with one attached hydrogen (secondary N) is 1. The fourth-order valence-electron chi connectivity index (χ4n) is 5.05. The van der Waals surface area contributed by atoms with Crippen LogP contribution in [0.3, 0.4) is 0 Å². The van der Waals surface area contributed by atoms with Gasteiger partial charge >= 0.3 is 0 Å². The van der Waals surface area contributed by atoms with E-state index in [0.29, 0.717) is 44.8 Å². The minimum atomic E-state index is -0.535. The molecule has 2 saturated heterocycles. The van der Waals surface area contributed by atoms with Gasteiger partial charge in [-0.05, 0) is 67.3 Å². The maximum atomic E-state index is 13.3. The van der Waals surface area contributed by atoms with Crippen LogP contribution in [0.15, 0.2) is 41.8 Å². The number of hydrogen-bond donors (Lipinski definition) is 1. The number of ether oxygens (including phenoxy) is 1. The Labute approximate surface area is 205 Å². The van der Waals surface area contributed by atoms with Crippen molar-refractivity contribution in [2.45, 2.75) is 45.6 Å². The zero-order valence-electron chi connectivity index (χ0n) is 19.9. The third-order valence-electron chi connectivity index (χ3n) is 6.93. The summed E-state index contributed by atoms with van der Waals surface area (Å²) < 4.78 is 5.47. The van der Waals surface area contributed by atoms with E-state index in [9.17, 15) is 14.4 Å². The maximum absolute atomic E-state index is 13.3. The molecule has 1 unspecified atom stereocenters. The second kappa shape index (κ2) is 10.6. The van der Waals surface area contributed by atoms with Gasteiger partial charge in [0.2, 0.25) is 11.8 Å². The number of carbonyl (C=O) groups excluding carboxylic acids is 3. The first-order valence-corrected chi connectivity index (χ1v) is 12.9. The molecular weight excluding hydrogens is 450 g/mol. The fraction of sp³-hybridized carbons (Fsp3) is 0.500. The van der Waals surface area contributed by atoms with Crippen molar-refractivity contribution in [3.63, 3.8) is 0 Å². The minimum absolute atomic E-state index is 0.00614. The van der Waals surface area contributed by atoms with E-state index in [1.807, 2.05) is 58.5 Å². The van der Waals surface area contributed by atoms with Crippen LogP contribution in [-0.2, 0) is 16.0 Å². The average Bonchev–Trinajstić information content (AvgIpc) is 3.49. The summed E-state index contributed by atoms with van der Waals surface area (Å²) in [6.07, 6.45) is 3.23. The molecule has 182 valence electrons. The topological polar surface area (TPSA) is 79.0 Å². The van der Waals surface area contributed by atoms with Crippen LogP contribution >= 0.6 is 11.3 Å². The van der Waals surface area contributed by atoms with E-state index in [0.717, 1.165) is 29.9 Å². The van der Waals surface area contributed by atoms with E-state index in [-0.39, 0.29) is 23.1 Å². The number of nitrogens with zero attached hydrogens (tertiary/aromatic N) is 2. The van der Waals surface area contributed by atoms with Gasteiger partial charge in [-0.1, -0.05) is 6.07 Å². The molecule has 1 atom stereocenters. The Morgan fingerprint density at radius 2 is 1.74 bits per heavy atom. The van der Waals surface area contributed by atoms with Crippen LogP contribution in [0.4, 0.5) is 0 Å². The second-order valence-electron chi connectivity index (χ2n) is 9.30. The van der Waals surface area contributed by atoms with Crippen molar-refractivity contribution >= 4 is 29.1 Å². The summed E-state index contributed by atoms with van der Waals surface area (Å²) in [7, 11) is 0. The van der Waals surface area contributed by atoms with Crippen molar-refractivity contribution in [1.29, 1.82) is 0 Å². The molecule has 0 radical (unpaired) electrons. The Morgan fingerprint density at radius 1 is 1.06 bits per heavy atom. The van der Waals surface area contributed by atoms with Gasteiger partial charge in [0.25, 0.3) is 5.91 Å². The standard InChI is InChI=1S/C26H33N3O4S/c1-3-33-21-8-6-20(7-9-21)24(31)28-13-10-26(11-14-28)12-15-29(18-26)25(32)23(27-19(2)30)17-22-5-4-16-34-22/h4-9,16,23H,3,10-15,17-18H2,1-2H3,(H,27,30). The number of thiophene rings is 1. The summed E-state index contributed by atoms with van der Waals surface area (Å²) in [5.41, 5.74) is 0.726. The molecule has 3 heterocycles. The quantitative estimate of drug-likeness (QED) is 0.655. The van der Waals surface area contributed by atoms with E-state index in [1.165, 1.54) is 6.92 Å². The van der Waals surface area contributed by atoms with Crippen LogP contribution in [-0.4, -0.2) is 66.3 Å². The number of piperidine rings is 1. The van der Waals surface area contributed by atoms with Crippen molar-refractivity contribution in [1.82, 2.24) is 15.1 Å². The molecular formula is C26H33N3O4S. The number of benzene rings is 1. The SMILES string of the molecule is CCOc1ccc(C(=O)N2CCC3(CC2)CCN(C(=O)C(Cc2cccs2)NC(C)=O)C3)cc1. The van der Waals surface area contributed by atoms with Gasteiger partial charge in [0, 0.05) is 50.0 Å². The lowest BCUT2D eigenvalue weighted by Gasteiger charge is -2.39. The van der Waals surface area contributed by atoms with Crippen molar-refractivity contribution in [3.8, 4) is 5.75 Å². The van der Waals surface area contributed by atoms with Gasteiger partial charge in [-0.3, -0.25) is 14.4 Å². The van der Waals surface area contributed by atoms with Crippen LogP contribution in [0.5, 0.6) is 5.75 Å². The number of rotatable bonds is 7. The highest BCUT2D eigenvalue weighted by atomic mass is 32.1. The van der Waals surface area contributed by atoms with Gasteiger partial charge in [-0.25, -0.2) is 0 Å². The molecule has 4 rings (SSSR count). The molecule has 1 aromatic heterocycles. The van der Waals surface area contributed by atoms with Crippen molar-refractivity contribution in [3.05, 3.63) is 52.2 Å². The maximum Gasteiger partial charge on any atom is 0.253 e. The molecule has 34 heavy (non-hydrogen) atoms. The number of carbonyl (C=O) groups is 3. The molecule has 2 fully saturated rings. The van der Waals surface area contributed by atoms with Crippen LogP contribution in [0.2, 0.25) is 0 Å². The molecule has 3 amide bonds. The van der Waals surface area contributed by atoms with E-state index in [2.05, 4.69) is 5.32 Å². The fourth-order valence-corrected chi connectivity index (χ4v) is 5.81. The third-order valence-corrected chi connectivity index (χ3v) is 7.83. The summed E-state index contributed by atoms with van der Waals surface area (Å²) in [6, 6.07) is 10.7. The van der Waals surface area contributed by atoms with Crippen molar-refractivity contribution in [2.75, 3.05) is 32.8 Å². The molecule has 0 saturated carbocycles. The molecule has 2 aliphatic rings. The first-order chi connectivity index (χ1) is 16.4. The van der Waals surface area contributed by atoms with Crippen molar-refractivity contribution < 1.29 is 19.1 Å². The first kappa shape index (κ1) is 24.3. The van der Waals surface area contributed by atoms with Crippen LogP contribution < -0.4 is 10.1 Å². The van der Waals surface area contributed by atoms with Gasteiger partial charge in [-0.2, -0.15) is 0 Å². The zero-order valence-corrected chi connectivity index (χ0v) is 20.7. The van der Waals surface area contributed by atoms with Crippen LogP contribution in [0, 0.1) is 5.41 Å². The van der Waals surface area contributed by atoms with Gasteiger partial charge < -0.3 is 19.9 Å². The monoisotopic (exact) mass is 483 g/mol. The molecule has 1 aromatic carbocycles. The number of likely N-dealkylation sites (tertiary alicyclic amines) is 2. The molecule has 1 spiro atoms. The highest BCUT2D eigenvalue weighted by molar-refractivity contribution is 7.09. The predicted octanol–water partition coefficient (Wildman–Crippen LogP) is 3.35. The summed E-state index contributed by atoms with van der Waals surface area (Å²) in [5, 5.41) is 4.84. The molecule has 0 bridgehead atoms. The molecule has 7 nitrogen and oxygen atoms in total. The normalized spacial score (nSPS) is 18.1. The van der Waals surface area contributed by atoms with Crippen LogP contribution in [0.25, 0.3) is 0 Å². The molecule has 2 aliphatic heterocycles. The Morgan fingerprint density at radius 3 is 2.32 bits per heavy atom. The summed E-state index contributed by atoms with van der Waals surface area (Å²) in [4.78, 5) is 42.9. The Hall–Kier alpha value is -2.87. The van der Waals surface area contributed by atoms with Gasteiger partial charge in [0.05, 0.1) is 6.61 Å². The summed E-state index contributed by atoms with van der Waals surface area (Å²) in [6.45, 7) is 6.77. The Bertz CT molecular complexity index is 998. The Balaban J connectivity index is 1.34. The molecule has 2 aromatic rings. The average molecular weight is 484 g/mol. The van der Waals surface area contributed by atoms with Crippen molar-refractivity contribution in [2.24, 2.45) is 5.41 Å². The minimum Gasteiger partial charge on any atom is -0.494 e. The Kier molecular flexibility index (Phi) is 7.56. The zero-order chi connectivity index (χ0) is 24.1. The molecule has 1 N–H and O–H groups in total. The second-order valence-corrected chi connectivity index (χ2v) is 10.3. The largest absolute Gasteiger partial charge is 0.494 e. The number of amides is 3. The third kappa shape index (κ3) is 5.60. The van der Waals surface area contributed by atoms with Gasteiger partial charge in [0.1, 0.15) is 11.8 Å². The smallest absolute Gasteiger partial charge is 0.253 e. The van der Waals surface area contributed by atoms with E-state index in [4.69, 9.17) is 4.74 Å². The van der Waals surface area contributed by atoms with Gasteiger partial charge in [-0.15, -0.1) is 11.3 Å². The summed E-state index contributed by atoms with van der Waals surface area (Å²) >= 11 is 1.60. The first-order valence-electron chi connectivity index (χ1n) is 12.0. The molecule has 0 aliphatic carbocycles. The van der Waals surface area contributed by atoms with E-state index >= 15 is 0 Å². The number of hydrogen-bond acceptors (Lipinski definition) is 5. The van der Waals surface area contributed by atoms with Crippen LogP contribution in [0.1, 0.15) is 48.3 Å². The van der Waals surface area contributed by atoms with E-state index < -0.39 is 6.04 Å². The molecule has 8 heteroatoms. The summed E-state index contributed by atoms with van der Waals surface area (Å²) in [5.74, 6) is 0.618. The highest BCUT2D eigenvalue weighted by Crippen LogP contribution is 2.41. The lowest BCUT2D eigenvalue weighted by atomic mass is 9.77. The lowest BCUT2D eigenvalue weighted by molar-refractivity contribution is -0.135.